The van der Waals surface area contributed by atoms with Gasteiger partial charge in [0, 0.05) is 4.88 Å². The monoisotopic (exact) mass is 310 g/mol. The highest BCUT2D eigenvalue weighted by Crippen LogP contribution is 2.33. The van der Waals surface area contributed by atoms with Crippen LogP contribution in [-0.4, -0.2) is 24.5 Å². The highest BCUT2D eigenvalue weighted by molar-refractivity contribution is 7.14. The van der Waals surface area contributed by atoms with Crippen LogP contribution in [-0.2, 0) is 22.4 Å². The number of hydrogen-bond donors (Lipinski definition) is 2. The highest BCUT2D eigenvalue weighted by atomic mass is 32.1. The molecule has 3 N–H and O–H groups in total. The number of hydrogen-bond acceptors (Lipinski definition) is 5. The zero-order chi connectivity index (χ0) is 15.4. The Labute approximate surface area is 126 Å². The van der Waals surface area contributed by atoms with Gasteiger partial charge in [-0.25, -0.2) is 9.59 Å². The van der Waals surface area contributed by atoms with Crippen molar-refractivity contribution in [2.45, 2.75) is 32.6 Å². The lowest BCUT2D eigenvalue weighted by molar-refractivity contribution is -0.123. The van der Waals surface area contributed by atoms with Gasteiger partial charge in [0.1, 0.15) is 4.88 Å². The molecule has 0 fully saturated rings. The third-order valence-corrected chi connectivity index (χ3v) is 4.78. The SMILES string of the molecule is CC[C@@H]1CCc2sc(C(=O)OCC(=O)NC(N)=O)cc2C1. The minimum Gasteiger partial charge on any atom is -0.451 e. The number of urea groups is 1. The number of imide groups is 1. The van der Waals surface area contributed by atoms with E-state index in [2.05, 4.69) is 6.92 Å². The number of ether oxygens (including phenoxy) is 1. The van der Waals surface area contributed by atoms with Gasteiger partial charge in [-0.1, -0.05) is 13.3 Å². The smallest absolute Gasteiger partial charge is 0.348 e. The lowest BCUT2D eigenvalue weighted by Gasteiger charge is -2.19. The molecule has 21 heavy (non-hydrogen) atoms. The summed E-state index contributed by atoms with van der Waals surface area (Å²) in [5, 5.41) is 1.84. The molecule has 2 rings (SSSR count). The number of fused-ring (bicyclic) bond motifs is 1. The molecule has 0 unspecified atom stereocenters. The van der Waals surface area contributed by atoms with Crippen LogP contribution in [0.2, 0.25) is 0 Å². The van der Waals surface area contributed by atoms with Crippen molar-refractivity contribution < 1.29 is 19.1 Å². The lowest BCUT2D eigenvalue weighted by Crippen LogP contribution is -2.37. The molecule has 1 aliphatic rings. The fourth-order valence-corrected chi connectivity index (χ4v) is 3.53. The number of thiophene rings is 1. The van der Waals surface area contributed by atoms with E-state index in [4.69, 9.17) is 10.5 Å². The van der Waals surface area contributed by atoms with Gasteiger partial charge in [-0.2, -0.15) is 0 Å². The van der Waals surface area contributed by atoms with E-state index in [9.17, 15) is 14.4 Å². The van der Waals surface area contributed by atoms with Crippen molar-refractivity contribution in [3.63, 3.8) is 0 Å². The average Bonchev–Trinajstić information content (AvgIpc) is 2.86. The minimum atomic E-state index is -0.965. The van der Waals surface area contributed by atoms with Gasteiger partial charge in [0.25, 0.3) is 5.91 Å². The summed E-state index contributed by atoms with van der Waals surface area (Å²) >= 11 is 1.42. The predicted octanol–water partition coefficient (Wildman–Crippen LogP) is 1.61. The molecular formula is C14H18N2O4S. The van der Waals surface area contributed by atoms with Crippen molar-refractivity contribution in [3.05, 3.63) is 21.4 Å². The van der Waals surface area contributed by atoms with Crippen LogP contribution in [0.1, 0.15) is 39.9 Å². The molecule has 1 aliphatic carbocycles. The van der Waals surface area contributed by atoms with E-state index in [0.717, 1.165) is 25.7 Å². The summed E-state index contributed by atoms with van der Waals surface area (Å²) in [6.45, 7) is 1.66. The first kappa shape index (κ1) is 15.5. The summed E-state index contributed by atoms with van der Waals surface area (Å²) < 4.78 is 4.87. The molecule has 3 amide bonds. The fourth-order valence-electron chi connectivity index (χ4n) is 2.42. The summed E-state index contributed by atoms with van der Waals surface area (Å²) in [7, 11) is 0. The molecule has 0 radical (unpaired) electrons. The Kier molecular flexibility index (Phi) is 4.95. The zero-order valence-electron chi connectivity index (χ0n) is 11.8. The number of nitrogens with two attached hydrogens (primary N) is 1. The van der Waals surface area contributed by atoms with Crippen molar-refractivity contribution in [2.75, 3.05) is 6.61 Å². The molecule has 114 valence electrons. The van der Waals surface area contributed by atoms with Gasteiger partial charge in [0.2, 0.25) is 0 Å². The van der Waals surface area contributed by atoms with E-state index in [0.29, 0.717) is 10.8 Å². The van der Waals surface area contributed by atoms with Gasteiger partial charge in [-0.05, 0) is 36.8 Å². The lowest BCUT2D eigenvalue weighted by atomic mass is 9.87. The van der Waals surface area contributed by atoms with E-state index in [1.807, 2.05) is 11.4 Å². The first-order chi connectivity index (χ1) is 9.99. The van der Waals surface area contributed by atoms with Gasteiger partial charge >= 0.3 is 12.0 Å². The van der Waals surface area contributed by atoms with Crippen molar-refractivity contribution in [1.82, 2.24) is 5.32 Å². The zero-order valence-corrected chi connectivity index (χ0v) is 12.6. The molecular weight excluding hydrogens is 292 g/mol. The Bertz CT molecular complexity index is 567. The fraction of sp³-hybridized carbons (Fsp3) is 0.500. The summed E-state index contributed by atoms with van der Waals surface area (Å²) in [6, 6.07) is 0.893. The largest absolute Gasteiger partial charge is 0.451 e. The second-order valence-corrected chi connectivity index (χ2v) is 6.20. The highest BCUT2D eigenvalue weighted by Gasteiger charge is 2.23. The number of carbonyl (C=O) groups excluding carboxylic acids is 3. The van der Waals surface area contributed by atoms with E-state index in [1.54, 1.807) is 0 Å². The molecule has 0 aromatic carbocycles. The standard InChI is InChI=1S/C14H18N2O4S/c1-2-8-3-4-10-9(5-8)6-11(21-10)13(18)20-7-12(17)16-14(15)19/h6,8H,2-5,7H2,1H3,(H3,15,16,17,19)/t8-/m1/s1. The Balaban J connectivity index is 1.93. The third kappa shape index (κ3) is 4.04. The normalized spacial score (nSPS) is 16.9. The number of amides is 3. The van der Waals surface area contributed by atoms with Crippen molar-refractivity contribution in [3.8, 4) is 0 Å². The molecule has 1 aromatic heterocycles. The van der Waals surface area contributed by atoms with Crippen LogP contribution in [0, 0.1) is 5.92 Å². The number of carbonyl (C=O) groups is 3. The Morgan fingerprint density at radius 3 is 2.90 bits per heavy atom. The maximum atomic E-state index is 11.9. The van der Waals surface area contributed by atoms with Crippen LogP contribution >= 0.6 is 11.3 Å². The molecule has 0 spiro atoms. The number of nitrogens with one attached hydrogen (secondary N) is 1. The molecule has 0 saturated carbocycles. The average molecular weight is 310 g/mol. The quantitative estimate of drug-likeness (QED) is 0.825. The Hall–Kier alpha value is -1.89. The summed E-state index contributed by atoms with van der Waals surface area (Å²) in [5.41, 5.74) is 6.01. The summed E-state index contributed by atoms with van der Waals surface area (Å²) in [6.07, 6.45) is 4.29. The van der Waals surface area contributed by atoms with Gasteiger partial charge < -0.3 is 10.5 Å². The second kappa shape index (κ2) is 6.71. The Morgan fingerprint density at radius 1 is 1.48 bits per heavy atom. The molecule has 1 heterocycles. The third-order valence-electron chi connectivity index (χ3n) is 3.56. The molecule has 6 nitrogen and oxygen atoms in total. The van der Waals surface area contributed by atoms with E-state index < -0.39 is 24.5 Å². The van der Waals surface area contributed by atoms with Crippen molar-refractivity contribution in [2.24, 2.45) is 11.7 Å². The van der Waals surface area contributed by atoms with E-state index >= 15 is 0 Å². The van der Waals surface area contributed by atoms with Crippen molar-refractivity contribution in [1.29, 1.82) is 0 Å². The number of aryl methyl sites for hydroxylation is 1. The molecule has 0 bridgehead atoms. The molecule has 1 atom stereocenters. The topological polar surface area (TPSA) is 98.5 Å². The number of esters is 1. The van der Waals surface area contributed by atoms with Crippen LogP contribution in [0.25, 0.3) is 0 Å². The van der Waals surface area contributed by atoms with Crippen molar-refractivity contribution >= 4 is 29.2 Å². The maximum absolute atomic E-state index is 11.9. The first-order valence-electron chi connectivity index (χ1n) is 6.87. The van der Waals surface area contributed by atoms with E-state index in [1.165, 1.54) is 21.8 Å². The van der Waals surface area contributed by atoms with Crippen LogP contribution in [0.5, 0.6) is 0 Å². The molecule has 0 aliphatic heterocycles. The van der Waals surface area contributed by atoms with Crippen LogP contribution in [0.3, 0.4) is 0 Å². The van der Waals surface area contributed by atoms with Crippen LogP contribution < -0.4 is 11.1 Å². The summed E-state index contributed by atoms with van der Waals surface area (Å²) in [4.78, 5) is 35.3. The van der Waals surface area contributed by atoms with Gasteiger partial charge in [0.05, 0.1) is 0 Å². The second-order valence-electron chi connectivity index (χ2n) is 5.06. The van der Waals surface area contributed by atoms with Crippen LogP contribution in [0.15, 0.2) is 6.07 Å². The van der Waals surface area contributed by atoms with Crippen LogP contribution in [0.4, 0.5) is 4.79 Å². The summed E-state index contributed by atoms with van der Waals surface area (Å²) in [5.74, 6) is -0.595. The first-order valence-corrected chi connectivity index (χ1v) is 7.69. The van der Waals surface area contributed by atoms with E-state index in [-0.39, 0.29) is 0 Å². The Morgan fingerprint density at radius 2 is 2.24 bits per heavy atom. The molecule has 7 heteroatoms. The maximum Gasteiger partial charge on any atom is 0.348 e. The van der Waals surface area contributed by atoms with Gasteiger partial charge in [-0.3, -0.25) is 10.1 Å². The molecule has 1 aromatic rings. The van der Waals surface area contributed by atoms with Gasteiger partial charge in [-0.15, -0.1) is 11.3 Å². The predicted molar refractivity (Wildman–Crippen MR) is 78.1 cm³/mol. The minimum absolute atomic E-state index is 0.503. The molecule has 0 saturated heterocycles. The van der Waals surface area contributed by atoms with Gasteiger partial charge in [0.15, 0.2) is 6.61 Å². The number of primary amides is 1. The number of rotatable bonds is 4.